The minimum Gasteiger partial charge on any atom is -0.314 e. The third-order valence-corrected chi connectivity index (χ3v) is 4.10. The maximum atomic E-state index is 3.69. The Labute approximate surface area is 106 Å². The molecule has 1 N–H and O–H groups in total. The first-order valence-electron chi connectivity index (χ1n) is 6.51. The molecule has 1 fully saturated rings. The molecule has 16 heavy (non-hydrogen) atoms. The van der Waals surface area contributed by atoms with Crippen molar-refractivity contribution < 1.29 is 0 Å². The lowest BCUT2D eigenvalue weighted by molar-refractivity contribution is 0.0964. The molecule has 96 valence electrons. The van der Waals surface area contributed by atoms with Gasteiger partial charge in [0.15, 0.2) is 0 Å². The Bertz CT molecular complexity index is 181. The number of rotatable bonds is 5. The van der Waals surface area contributed by atoms with Crippen molar-refractivity contribution in [2.45, 2.75) is 51.6 Å². The molecular formula is C13H28N2S. The van der Waals surface area contributed by atoms with Crippen LogP contribution in [0.25, 0.3) is 0 Å². The van der Waals surface area contributed by atoms with E-state index < -0.39 is 0 Å². The summed E-state index contributed by atoms with van der Waals surface area (Å²) in [5.74, 6) is 1.29. The molecule has 3 heteroatoms. The average Bonchev–Trinajstić information content (AvgIpc) is 2.24. The lowest BCUT2D eigenvalue weighted by atomic mass is 9.98. The van der Waals surface area contributed by atoms with Crippen LogP contribution in [0.3, 0.4) is 0 Å². The molecule has 1 heterocycles. The highest BCUT2D eigenvalue weighted by Gasteiger charge is 2.26. The van der Waals surface area contributed by atoms with E-state index in [-0.39, 0.29) is 0 Å². The van der Waals surface area contributed by atoms with Crippen LogP contribution in [-0.2, 0) is 0 Å². The lowest BCUT2D eigenvalue weighted by Crippen LogP contribution is -2.50. The van der Waals surface area contributed by atoms with Crippen LogP contribution in [0, 0.1) is 0 Å². The van der Waals surface area contributed by atoms with Gasteiger partial charge in [0, 0.05) is 24.7 Å². The highest BCUT2D eigenvalue weighted by molar-refractivity contribution is 7.98. The fourth-order valence-corrected chi connectivity index (χ4v) is 2.71. The van der Waals surface area contributed by atoms with Gasteiger partial charge in [0.05, 0.1) is 0 Å². The predicted molar refractivity (Wildman–Crippen MR) is 75.3 cm³/mol. The van der Waals surface area contributed by atoms with Crippen molar-refractivity contribution in [2.24, 2.45) is 0 Å². The van der Waals surface area contributed by atoms with Crippen LogP contribution < -0.4 is 5.32 Å². The lowest BCUT2D eigenvalue weighted by Gasteiger charge is -2.41. The van der Waals surface area contributed by atoms with E-state index in [4.69, 9.17) is 0 Å². The Balaban J connectivity index is 2.12. The van der Waals surface area contributed by atoms with Gasteiger partial charge in [-0.15, -0.1) is 0 Å². The molecule has 2 nitrogen and oxygen atoms in total. The van der Waals surface area contributed by atoms with Gasteiger partial charge >= 0.3 is 0 Å². The van der Waals surface area contributed by atoms with E-state index in [1.165, 1.54) is 44.6 Å². The molecule has 0 aromatic heterocycles. The first kappa shape index (κ1) is 14.3. The zero-order valence-electron chi connectivity index (χ0n) is 11.4. The highest BCUT2D eigenvalue weighted by atomic mass is 32.2. The maximum absolute atomic E-state index is 3.69. The molecule has 1 aliphatic rings. The molecule has 1 aliphatic heterocycles. The van der Waals surface area contributed by atoms with Gasteiger partial charge in [0.2, 0.25) is 0 Å². The van der Waals surface area contributed by atoms with Crippen LogP contribution in [0.15, 0.2) is 0 Å². The van der Waals surface area contributed by atoms with Crippen molar-refractivity contribution in [3.63, 3.8) is 0 Å². The van der Waals surface area contributed by atoms with Crippen LogP contribution in [-0.4, -0.2) is 48.1 Å². The Morgan fingerprint density at radius 2 is 1.88 bits per heavy atom. The van der Waals surface area contributed by atoms with Gasteiger partial charge in [-0.2, -0.15) is 11.8 Å². The average molecular weight is 244 g/mol. The number of thioether (sulfide) groups is 1. The van der Waals surface area contributed by atoms with E-state index >= 15 is 0 Å². The summed E-state index contributed by atoms with van der Waals surface area (Å²) in [6.07, 6.45) is 6.12. The third-order valence-electron chi connectivity index (χ3n) is 3.40. The zero-order chi connectivity index (χ0) is 12.0. The van der Waals surface area contributed by atoms with E-state index in [9.17, 15) is 0 Å². The highest BCUT2D eigenvalue weighted by Crippen LogP contribution is 2.19. The van der Waals surface area contributed by atoms with E-state index in [0.717, 1.165) is 6.04 Å². The number of piperidine rings is 1. The molecule has 0 radical (unpaired) electrons. The van der Waals surface area contributed by atoms with E-state index in [2.05, 4.69) is 37.2 Å². The van der Waals surface area contributed by atoms with Crippen molar-refractivity contribution in [3.8, 4) is 0 Å². The standard InChI is InChI=1S/C13H28N2S/c1-13(2,3)15-9-6-12(7-10-15)14-8-5-11-16-4/h12,14H,5-11H2,1-4H3. The number of hydrogen-bond acceptors (Lipinski definition) is 3. The smallest absolute Gasteiger partial charge is 0.0125 e. The predicted octanol–water partition coefficient (Wildman–Crippen LogP) is 2.59. The summed E-state index contributed by atoms with van der Waals surface area (Å²) in [7, 11) is 0. The van der Waals surface area contributed by atoms with E-state index in [1.54, 1.807) is 0 Å². The second kappa shape index (κ2) is 6.87. The van der Waals surface area contributed by atoms with Crippen LogP contribution in [0.2, 0.25) is 0 Å². The van der Waals surface area contributed by atoms with Crippen LogP contribution in [0.4, 0.5) is 0 Å². The summed E-state index contributed by atoms with van der Waals surface area (Å²) in [6.45, 7) is 10.7. The Morgan fingerprint density at radius 3 is 2.38 bits per heavy atom. The molecule has 1 rings (SSSR count). The molecule has 0 aromatic rings. The summed E-state index contributed by atoms with van der Waals surface area (Å²) in [5, 5.41) is 3.69. The Morgan fingerprint density at radius 1 is 1.25 bits per heavy atom. The zero-order valence-corrected chi connectivity index (χ0v) is 12.2. The summed E-state index contributed by atoms with van der Waals surface area (Å²) in [6, 6.07) is 0.764. The molecule has 1 saturated heterocycles. The largest absolute Gasteiger partial charge is 0.314 e. The van der Waals surface area contributed by atoms with Crippen molar-refractivity contribution >= 4 is 11.8 Å². The van der Waals surface area contributed by atoms with Gasteiger partial charge in [0.25, 0.3) is 0 Å². The van der Waals surface area contributed by atoms with Gasteiger partial charge in [-0.3, -0.25) is 4.90 Å². The van der Waals surface area contributed by atoms with Crippen LogP contribution >= 0.6 is 11.8 Å². The molecule has 0 amide bonds. The third kappa shape index (κ3) is 5.07. The van der Waals surface area contributed by atoms with E-state index in [1.807, 2.05) is 11.8 Å². The van der Waals surface area contributed by atoms with Crippen molar-refractivity contribution in [3.05, 3.63) is 0 Å². The molecule has 0 bridgehead atoms. The van der Waals surface area contributed by atoms with Gasteiger partial charge in [-0.25, -0.2) is 0 Å². The van der Waals surface area contributed by atoms with Gasteiger partial charge in [-0.1, -0.05) is 0 Å². The molecule has 0 aliphatic carbocycles. The Kier molecular flexibility index (Phi) is 6.16. The first-order valence-corrected chi connectivity index (χ1v) is 7.91. The molecule has 0 spiro atoms. The number of likely N-dealkylation sites (tertiary alicyclic amines) is 1. The summed E-state index contributed by atoms with van der Waals surface area (Å²) in [5.41, 5.74) is 0.351. The van der Waals surface area contributed by atoms with Crippen molar-refractivity contribution in [1.82, 2.24) is 10.2 Å². The summed E-state index contributed by atoms with van der Waals surface area (Å²) in [4.78, 5) is 2.60. The first-order chi connectivity index (χ1) is 7.54. The minimum atomic E-state index is 0.351. The maximum Gasteiger partial charge on any atom is 0.0125 e. The van der Waals surface area contributed by atoms with Crippen molar-refractivity contribution in [1.29, 1.82) is 0 Å². The van der Waals surface area contributed by atoms with Gasteiger partial charge in [0.1, 0.15) is 0 Å². The van der Waals surface area contributed by atoms with Crippen LogP contribution in [0.1, 0.15) is 40.0 Å². The second-order valence-corrected chi connectivity index (χ2v) is 6.72. The van der Waals surface area contributed by atoms with Gasteiger partial charge < -0.3 is 5.32 Å². The molecule has 0 atom stereocenters. The second-order valence-electron chi connectivity index (χ2n) is 5.73. The normalized spacial score (nSPS) is 20.2. The fraction of sp³-hybridized carbons (Fsp3) is 1.00. The molecule has 0 unspecified atom stereocenters. The molecular weight excluding hydrogens is 216 g/mol. The monoisotopic (exact) mass is 244 g/mol. The number of nitrogens with zero attached hydrogens (tertiary/aromatic N) is 1. The number of hydrogen-bond donors (Lipinski definition) is 1. The SMILES string of the molecule is CSCCCNC1CCN(C(C)(C)C)CC1. The van der Waals surface area contributed by atoms with E-state index in [0.29, 0.717) is 5.54 Å². The molecule has 0 aromatic carbocycles. The van der Waals surface area contributed by atoms with Gasteiger partial charge in [-0.05, 0) is 58.6 Å². The van der Waals surface area contributed by atoms with Crippen LogP contribution in [0.5, 0.6) is 0 Å². The van der Waals surface area contributed by atoms with Crippen molar-refractivity contribution in [2.75, 3.05) is 31.6 Å². The summed E-state index contributed by atoms with van der Waals surface area (Å²) >= 11 is 1.94. The Hall–Kier alpha value is 0.270. The summed E-state index contributed by atoms with van der Waals surface area (Å²) < 4.78 is 0. The minimum absolute atomic E-state index is 0.351. The fourth-order valence-electron chi connectivity index (χ4n) is 2.28. The topological polar surface area (TPSA) is 15.3 Å². The quantitative estimate of drug-likeness (QED) is 0.748. The molecule has 0 saturated carbocycles. The number of nitrogens with one attached hydrogen (secondary N) is 1.